The summed E-state index contributed by atoms with van der Waals surface area (Å²) in [5, 5.41) is 12.2. The van der Waals surface area contributed by atoms with Crippen LogP contribution in [-0.4, -0.2) is 22.5 Å². The number of nitrogens with zero attached hydrogens (tertiary/aromatic N) is 2. The van der Waals surface area contributed by atoms with E-state index in [0.717, 1.165) is 16.0 Å². The van der Waals surface area contributed by atoms with Crippen LogP contribution in [0.25, 0.3) is 0 Å². The molecule has 8 rings (SSSR count). The summed E-state index contributed by atoms with van der Waals surface area (Å²) in [5.41, 5.74) is -0.240. The third-order valence-corrected chi connectivity index (χ3v) is 10.5. The lowest BCUT2D eigenvalue weighted by atomic mass is 9.52. The summed E-state index contributed by atoms with van der Waals surface area (Å²) >= 11 is 0. The first-order chi connectivity index (χ1) is 22.4. The topological polar surface area (TPSA) is 97.6 Å². The van der Waals surface area contributed by atoms with E-state index in [4.69, 9.17) is 0 Å². The van der Waals surface area contributed by atoms with Crippen molar-refractivity contribution >= 4 is 29.0 Å². The molecular formula is C39H28N2O5. The zero-order valence-electron chi connectivity index (χ0n) is 24.6. The molecule has 0 unspecified atom stereocenters. The highest BCUT2D eigenvalue weighted by Gasteiger charge is 2.86. The average Bonchev–Trinajstić information content (AvgIpc) is 3.61. The van der Waals surface area contributed by atoms with E-state index in [1.165, 1.54) is 18.2 Å². The zero-order valence-corrected chi connectivity index (χ0v) is 24.6. The van der Waals surface area contributed by atoms with Crippen LogP contribution in [0.2, 0.25) is 0 Å². The number of benzene rings is 5. The number of nitro groups is 1. The number of imide groups is 1. The second kappa shape index (κ2) is 10.2. The number of para-hydroxylation sites is 2. The highest BCUT2D eigenvalue weighted by molar-refractivity contribution is 6.30. The van der Waals surface area contributed by atoms with Gasteiger partial charge in [-0.15, -0.1) is 0 Å². The van der Waals surface area contributed by atoms with E-state index < -0.39 is 51.2 Å². The average molecular weight is 605 g/mol. The molecule has 0 N–H and O–H groups in total. The minimum Gasteiger partial charge on any atom is -0.298 e. The van der Waals surface area contributed by atoms with Gasteiger partial charge in [-0.3, -0.25) is 24.5 Å². The molecule has 224 valence electrons. The SMILES string of the molecule is O=C1[C@H]2[C@H](C(=O)N1c1ccccc1[N+](=O)[O-])[C@]1(c3ccccc3)C(=O)[C@]2(c2ccccc2)[C@H](c2ccccc2)[C@H]1c1ccccc1. The summed E-state index contributed by atoms with van der Waals surface area (Å²) in [7, 11) is 0. The molecule has 0 radical (unpaired) electrons. The van der Waals surface area contributed by atoms with Crippen LogP contribution in [0.15, 0.2) is 146 Å². The largest absolute Gasteiger partial charge is 0.298 e. The maximum atomic E-state index is 15.9. The molecule has 3 aliphatic rings. The molecule has 1 aliphatic heterocycles. The third-order valence-electron chi connectivity index (χ3n) is 10.5. The number of anilines is 1. The first-order valence-electron chi connectivity index (χ1n) is 15.3. The van der Waals surface area contributed by atoms with Gasteiger partial charge < -0.3 is 0 Å². The smallest absolute Gasteiger partial charge is 0.293 e. The first kappa shape index (κ1) is 27.8. The van der Waals surface area contributed by atoms with Crippen molar-refractivity contribution in [3.8, 4) is 0 Å². The number of amides is 2. The van der Waals surface area contributed by atoms with Crippen LogP contribution in [0.5, 0.6) is 0 Å². The van der Waals surface area contributed by atoms with Crippen molar-refractivity contribution < 1.29 is 19.3 Å². The molecule has 2 saturated carbocycles. The van der Waals surface area contributed by atoms with Gasteiger partial charge >= 0.3 is 0 Å². The fourth-order valence-electron chi connectivity index (χ4n) is 9.09. The number of ketones is 1. The number of carbonyl (C=O) groups is 3. The van der Waals surface area contributed by atoms with Gasteiger partial charge in [0.15, 0.2) is 5.78 Å². The maximum absolute atomic E-state index is 15.9. The predicted molar refractivity (Wildman–Crippen MR) is 172 cm³/mol. The summed E-state index contributed by atoms with van der Waals surface area (Å²) in [6.07, 6.45) is 0. The minimum absolute atomic E-state index is 0.0808. The van der Waals surface area contributed by atoms with Gasteiger partial charge in [0.2, 0.25) is 11.8 Å². The lowest BCUT2D eigenvalue weighted by molar-refractivity contribution is -0.384. The Hall–Kier alpha value is -5.69. The summed E-state index contributed by atoms with van der Waals surface area (Å²) < 4.78 is 0. The van der Waals surface area contributed by atoms with Gasteiger partial charge in [-0.25, -0.2) is 4.90 Å². The highest BCUT2D eigenvalue weighted by atomic mass is 16.6. The molecule has 2 amide bonds. The Morgan fingerprint density at radius 2 is 0.870 bits per heavy atom. The molecule has 0 spiro atoms. The van der Waals surface area contributed by atoms with E-state index in [9.17, 15) is 10.1 Å². The fraction of sp³-hybridized carbons (Fsp3) is 0.154. The minimum atomic E-state index is -1.45. The molecule has 5 aromatic carbocycles. The second-order valence-electron chi connectivity index (χ2n) is 12.3. The standard InChI is InChI=1S/C39H28N2O5/c42-35-33-34(36(43)40(35)29-23-13-14-24-30(29)41(45)46)39(28-21-11-4-12-22-28)32(26-17-7-2-8-18-26)31(25-15-5-1-6-16-25)38(33,37(39)44)27-19-9-3-10-20-27/h1-24,31-34H/t31-,32-,33-,34-,38-,39-/m1/s1. The van der Waals surface area contributed by atoms with Crippen molar-refractivity contribution in [3.63, 3.8) is 0 Å². The molecule has 0 aromatic heterocycles. The van der Waals surface area contributed by atoms with E-state index in [2.05, 4.69) is 0 Å². The van der Waals surface area contributed by atoms with Crippen LogP contribution in [-0.2, 0) is 25.2 Å². The molecule has 5 aromatic rings. The first-order valence-corrected chi connectivity index (χ1v) is 15.3. The highest BCUT2D eigenvalue weighted by Crippen LogP contribution is 2.77. The van der Waals surface area contributed by atoms with Crippen molar-refractivity contribution in [1.29, 1.82) is 0 Å². The lowest BCUT2D eigenvalue weighted by Gasteiger charge is -2.46. The van der Waals surface area contributed by atoms with Crippen LogP contribution in [0, 0.1) is 22.0 Å². The van der Waals surface area contributed by atoms with Crippen molar-refractivity contribution in [3.05, 3.63) is 178 Å². The van der Waals surface area contributed by atoms with Gasteiger partial charge in [0.05, 0.1) is 27.6 Å². The van der Waals surface area contributed by atoms with Crippen molar-refractivity contribution in [2.45, 2.75) is 22.7 Å². The normalized spacial score (nSPS) is 28.0. The Kier molecular flexibility index (Phi) is 6.15. The summed E-state index contributed by atoms with van der Waals surface area (Å²) in [6.45, 7) is 0. The molecule has 2 aliphatic carbocycles. The summed E-state index contributed by atoms with van der Waals surface area (Å²) in [6, 6.07) is 44.0. The number of hydrogen-bond acceptors (Lipinski definition) is 5. The van der Waals surface area contributed by atoms with Gasteiger partial charge in [0.25, 0.3) is 5.69 Å². The lowest BCUT2D eigenvalue weighted by Crippen LogP contribution is -2.49. The molecule has 2 bridgehead atoms. The van der Waals surface area contributed by atoms with Crippen molar-refractivity contribution in [2.75, 3.05) is 4.90 Å². The van der Waals surface area contributed by atoms with E-state index in [1.807, 2.05) is 121 Å². The number of rotatable bonds is 6. The molecule has 46 heavy (non-hydrogen) atoms. The van der Waals surface area contributed by atoms with Gasteiger partial charge in [0, 0.05) is 17.9 Å². The van der Waals surface area contributed by atoms with E-state index in [1.54, 1.807) is 6.07 Å². The Labute approximate surface area is 265 Å². The van der Waals surface area contributed by atoms with Gasteiger partial charge in [-0.05, 0) is 28.3 Å². The molecule has 6 atom stereocenters. The van der Waals surface area contributed by atoms with Crippen LogP contribution < -0.4 is 4.90 Å². The molecule has 3 fully saturated rings. The number of hydrogen-bond donors (Lipinski definition) is 0. The Balaban J connectivity index is 1.52. The molecular weight excluding hydrogens is 576 g/mol. The Morgan fingerprint density at radius 3 is 1.28 bits per heavy atom. The van der Waals surface area contributed by atoms with E-state index in [-0.39, 0.29) is 17.2 Å². The number of Topliss-reactive ketones (excluding diaryl/α,β-unsaturated/α-hetero) is 1. The van der Waals surface area contributed by atoms with Crippen LogP contribution in [0.3, 0.4) is 0 Å². The van der Waals surface area contributed by atoms with Gasteiger partial charge in [-0.2, -0.15) is 0 Å². The Morgan fingerprint density at radius 1 is 0.500 bits per heavy atom. The van der Waals surface area contributed by atoms with Crippen LogP contribution in [0.1, 0.15) is 34.1 Å². The maximum Gasteiger partial charge on any atom is 0.293 e. The number of nitro benzene ring substituents is 1. The second-order valence-corrected chi connectivity index (χ2v) is 12.3. The number of carbonyl (C=O) groups excluding carboxylic acids is 3. The summed E-state index contributed by atoms with van der Waals surface area (Å²) in [4.78, 5) is 58.5. The number of fused-ring (bicyclic) bond motifs is 5. The zero-order chi connectivity index (χ0) is 31.6. The van der Waals surface area contributed by atoms with Crippen molar-refractivity contribution in [1.82, 2.24) is 0 Å². The molecule has 1 saturated heterocycles. The van der Waals surface area contributed by atoms with Crippen LogP contribution in [0.4, 0.5) is 11.4 Å². The fourth-order valence-corrected chi connectivity index (χ4v) is 9.09. The quantitative estimate of drug-likeness (QED) is 0.122. The summed E-state index contributed by atoms with van der Waals surface area (Å²) in [5.74, 6) is -4.61. The van der Waals surface area contributed by atoms with Gasteiger partial charge in [-0.1, -0.05) is 133 Å². The molecule has 1 heterocycles. The molecule has 7 heteroatoms. The van der Waals surface area contributed by atoms with Gasteiger partial charge in [0.1, 0.15) is 5.69 Å². The third kappa shape index (κ3) is 3.40. The van der Waals surface area contributed by atoms with E-state index in [0.29, 0.717) is 11.1 Å². The van der Waals surface area contributed by atoms with Crippen LogP contribution >= 0.6 is 0 Å². The van der Waals surface area contributed by atoms with E-state index >= 15 is 14.4 Å². The predicted octanol–water partition coefficient (Wildman–Crippen LogP) is 6.74. The Bertz CT molecular complexity index is 1900. The molecule has 7 nitrogen and oxygen atoms in total. The van der Waals surface area contributed by atoms with Crippen molar-refractivity contribution in [2.24, 2.45) is 11.8 Å². The monoisotopic (exact) mass is 604 g/mol.